The maximum Gasteiger partial charge on any atom is 0.320 e. The normalized spacial score (nSPS) is 27.6. The van der Waals surface area contributed by atoms with Crippen LogP contribution in [0.5, 0.6) is 0 Å². The maximum absolute atomic E-state index is 12.4. The van der Waals surface area contributed by atoms with Crippen molar-refractivity contribution in [2.45, 2.75) is 31.4 Å². The first-order valence-electron chi connectivity index (χ1n) is 6.93. The lowest BCUT2D eigenvalue weighted by molar-refractivity contribution is -0.137. The van der Waals surface area contributed by atoms with Gasteiger partial charge in [-0.25, -0.2) is 4.79 Å². The van der Waals surface area contributed by atoms with Crippen LogP contribution in [0.4, 0.5) is 4.79 Å². The lowest BCUT2D eigenvalue weighted by atomic mass is 10.0. The fourth-order valence-electron chi connectivity index (χ4n) is 2.76. The van der Waals surface area contributed by atoms with Gasteiger partial charge in [0.05, 0.1) is 0 Å². The van der Waals surface area contributed by atoms with E-state index in [1.807, 2.05) is 21.6 Å². The van der Waals surface area contributed by atoms with Crippen LogP contribution in [0, 0.1) is 5.92 Å². The summed E-state index contributed by atoms with van der Waals surface area (Å²) in [6.45, 7) is 5.33. The van der Waals surface area contributed by atoms with E-state index in [-0.39, 0.29) is 12.5 Å². The molecule has 2 aliphatic rings. The van der Waals surface area contributed by atoms with E-state index in [0.29, 0.717) is 17.6 Å². The minimum Gasteiger partial charge on any atom is -0.481 e. The zero-order chi connectivity index (χ0) is 13.8. The number of rotatable bonds is 3. The highest BCUT2D eigenvalue weighted by Crippen LogP contribution is 2.24. The number of aliphatic carboxylic acids is 1. The number of hydrogen-bond donors (Lipinski definition) is 1. The topological polar surface area (TPSA) is 60.9 Å². The molecule has 0 saturated carbocycles. The Bertz CT molecular complexity index is 351. The summed E-state index contributed by atoms with van der Waals surface area (Å²) in [7, 11) is 0. The average Bonchev–Trinajstić information content (AvgIpc) is 2.84. The predicted molar refractivity (Wildman–Crippen MR) is 75.4 cm³/mol. The molecule has 0 aromatic rings. The molecule has 5 nitrogen and oxygen atoms in total. The Balaban J connectivity index is 1.79. The zero-order valence-electron chi connectivity index (χ0n) is 11.4. The highest BCUT2D eigenvalue weighted by atomic mass is 32.2. The van der Waals surface area contributed by atoms with E-state index in [4.69, 9.17) is 5.11 Å². The van der Waals surface area contributed by atoms with Gasteiger partial charge < -0.3 is 14.9 Å². The Morgan fingerprint density at radius 3 is 2.68 bits per heavy atom. The van der Waals surface area contributed by atoms with E-state index in [2.05, 4.69) is 6.92 Å². The van der Waals surface area contributed by atoms with Gasteiger partial charge >= 0.3 is 12.0 Å². The highest BCUT2D eigenvalue weighted by Gasteiger charge is 2.31. The van der Waals surface area contributed by atoms with Crippen molar-refractivity contribution >= 4 is 23.8 Å². The van der Waals surface area contributed by atoms with Crippen LogP contribution in [0.25, 0.3) is 0 Å². The third kappa shape index (κ3) is 4.03. The van der Waals surface area contributed by atoms with E-state index in [9.17, 15) is 9.59 Å². The van der Waals surface area contributed by atoms with E-state index < -0.39 is 5.97 Å². The number of carboxylic acid groups (broad SMARTS) is 1. The summed E-state index contributed by atoms with van der Waals surface area (Å²) in [5.74, 6) is 0.631. The van der Waals surface area contributed by atoms with Crippen LogP contribution in [0.3, 0.4) is 0 Å². The molecule has 0 aromatic carbocycles. The Labute approximate surface area is 118 Å². The van der Waals surface area contributed by atoms with Gasteiger partial charge in [-0.15, -0.1) is 0 Å². The van der Waals surface area contributed by atoms with Crippen LogP contribution in [0.2, 0.25) is 0 Å². The number of thioether (sulfide) groups is 1. The van der Waals surface area contributed by atoms with Crippen LogP contribution in [0.1, 0.15) is 26.2 Å². The third-order valence-electron chi connectivity index (χ3n) is 3.83. The van der Waals surface area contributed by atoms with Crippen LogP contribution < -0.4 is 0 Å². The highest BCUT2D eigenvalue weighted by molar-refractivity contribution is 7.99. The predicted octanol–water partition coefficient (Wildman–Crippen LogP) is 1.73. The molecule has 2 rings (SSSR count). The second-order valence-electron chi connectivity index (χ2n) is 5.44. The molecule has 2 heterocycles. The molecule has 0 aliphatic carbocycles. The molecule has 0 aromatic heterocycles. The van der Waals surface area contributed by atoms with Gasteiger partial charge in [-0.1, -0.05) is 6.92 Å². The first-order valence-corrected chi connectivity index (χ1v) is 7.98. The molecule has 2 unspecified atom stereocenters. The van der Waals surface area contributed by atoms with Crippen molar-refractivity contribution in [2.24, 2.45) is 5.92 Å². The molecule has 19 heavy (non-hydrogen) atoms. The van der Waals surface area contributed by atoms with Crippen LogP contribution in [-0.2, 0) is 4.79 Å². The van der Waals surface area contributed by atoms with Crippen LogP contribution >= 0.6 is 11.8 Å². The molecule has 0 bridgehead atoms. The summed E-state index contributed by atoms with van der Waals surface area (Å²) in [6.07, 6.45) is 1.84. The number of urea groups is 1. The van der Waals surface area contributed by atoms with Gasteiger partial charge in [0.1, 0.15) is 0 Å². The van der Waals surface area contributed by atoms with E-state index in [1.165, 1.54) is 0 Å². The molecule has 2 aliphatic heterocycles. The molecule has 6 heteroatoms. The van der Waals surface area contributed by atoms with E-state index in [0.717, 1.165) is 38.4 Å². The van der Waals surface area contributed by atoms with Gasteiger partial charge in [0.15, 0.2) is 0 Å². The van der Waals surface area contributed by atoms with Crippen molar-refractivity contribution in [2.75, 3.05) is 31.9 Å². The Kier molecular flexibility index (Phi) is 4.96. The molecule has 2 atom stereocenters. The molecule has 0 spiro atoms. The van der Waals surface area contributed by atoms with Crippen molar-refractivity contribution in [3.05, 3.63) is 0 Å². The van der Waals surface area contributed by atoms with Crippen molar-refractivity contribution < 1.29 is 14.7 Å². The molecular weight excluding hydrogens is 264 g/mol. The number of carbonyl (C=O) groups excluding carboxylic acids is 1. The van der Waals surface area contributed by atoms with Crippen molar-refractivity contribution in [3.8, 4) is 0 Å². The fourth-order valence-corrected chi connectivity index (χ4v) is 3.78. The second kappa shape index (κ2) is 6.50. The SMILES string of the molecule is CC1CN(C(=O)N2CCC(CCC(=O)O)C2)CCS1. The monoisotopic (exact) mass is 286 g/mol. The van der Waals surface area contributed by atoms with Crippen LogP contribution in [-0.4, -0.2) is 64.1 Å². The summed E-state index contributed by atoms with van der Waals surface area (Å²) < 4.78 is 0. The summed E-state index contributed by atoms with van der Waals surface area (Å²) in [5, 5.41) is 9.21. The number of likely N-dealkylation sites (tertiary alicyclic amines) is 1. The number of carboxylic acids is 1. The maximum atomic E-state index is 12.4. The van der Waals surface area contributed by atoms with Gasteiger partial charge in [0.2, 0.25) is 0 Å². The molecule has 2 fully saturated rings. The summed E-state index contributed by atoms with van der Waals surface area (Å²) in [4.78, 5) is 26.8. The minimum atomic E-state index is -0.744. The second-order valence-corrected chi connectivity index (χ2v) is 6.99. The van der Waals surface area contributed by atoms with Gasteiger partial charge in [0, 0.05) is 43.6 Å². The minimum absolute atomic E-state index is 0.143. The summed E-state index contributed by atoms with van der Waals surface area (Å²) in [6, 6.07) is 0.143. The van der Waals surface area contributed by atoms with Crippen molar-refractivity contribution in [1.82, 2.24) is 9.80 Å². The first-order chi connectivity index (χ1) is 9.06. The molecular formula is C13H22N2O3S. The van der Waals surface area contributed by atoms with Crippen LogP contribution in [0.15, 0.2) is 0 Å². The largest absolute Gasteiger partial charge is 0.481 e. The Hall–Kier alpha value is -0.910. The summed E-state index contributed by atoms with van der Waals surface area (Å²) >= 11 is 1.92. The third-order valence-corrected chi connectivity index (χ3v) is 4.97. The van der Waals surface area contributed by atoms with E-state index in [1.54, 1.807) is 0 Å². The number of nitrogens with zero attached hydrogens (tertiary/aromatic N) is 2. The van der Waals surface area contributed by atoms with E-state index >= 15 is 0 Å². The molecule has 108 valence electrons. The molecule has 1 N–H and O–H groups in total. The smallest absolute Gasteiger partial charge is 0.320 e. The number of carbonyl (C=O) groups is 2. The lowest BCUT2D eigenvalue weighted by Crippen LogP contribution is -2.47. The van der Waals surface area contributed by atoms with Gasteiger partial charge in [-0.3, -0.25) is 4.79 Å². The number of hydrogen-bond acceptors (Lipinski definition) is 3. The molecule has 0 radical (unpaired) electrons. The Morgan fingerprint density at radius 2 is 2.00 bits per heavy atom. The first kappa shape index (κ1) is 14.5. The van der Waals surface area contributed by atoms with Gasteiger partial charge in [-0.05, 0) is 18.8 Å². The van der Waals surface area contributed by atoms with Crippen molar-refractivity contribution in [1.29, 1.82) is 0 Å². The zero-order valence-corrected chi connectivity index (χ0v) is 12.2. The van der Waals surface area contributed by atoms with Gasteiger partial charge in [-0.2, -0.15) is 11.8 Å². The number of amides is 2. The van der Waals surface area contributed by atoms with Gasteiger partial charge in [0.25, 0.3) is 0 Å². The fraction of sp³-hybridized carbons (Fsp3) is 0.846. The standard InChI is InChI=1S/C13H22N2O3S/c1-10-8-15(6-7-19-10)13(18)14-5-4-11(9-14)2-3-12(16)17/h10-11H,2-9H2,1H3,(H,16,17). The average molecular weight is 286 g/mol. The lowest BCUT2D eigenvalue weighted by Gasteiger charge is -2.33. The Morgan fingerprint density at radius 1 is 1.26 bits per heavy atom. The molecule has 2 amide bonds. The van der Waals surface area contributed by atoms with Crippen molar-refractivity contribution in [3.63, 3.8) is 0 Å². The quantitative estimate of drug-likeness (QED) is 0.858. The summed E-state index contributed by atoms with van der Waals surface area (Å²) in [5.41, 5.74) is 0. The molecule has 2 saturated heterocycles.